The number of likely N-dealkylation sites (N-methyl/N-ethyl adjacent to an activating group) is 1. The zero-order valence-corrected chi connectivity index (χ0v) is 9.23. The van der Waals surface area contributed by atoms with Crippen molar-refractivity contribution in [1.29, 1.82) is 0 Å². The Balaban J connectivity index is 2.40. The fourth-order valence-corrected chi connectivity index (χ4v) is 1.13. The first-order chi connectivity index (χ1) is 7.22. The van der Waals surface area contributed by atoms with Crippen LogP contribution >= 0.6 is 0 Å². The Morgan fingerprint density at radius 3 is 2.47 bits per heavy atom. The molecule has 0 aromatic heterocycles. The third-order valence-electron chi connectivity index (χ3n) is 1.99. The lowest BCUT2D eigenvalue weighted by molar-refractivity contribution is 0.261. The van der Waals surface area contributed by atoms with Gasteiger partial charge in [0.15, 0.2) is 0 Å². The molecule has 0 atom stereocenters. The van der Waals surface area contributed by atoms with E-state index in [4.69, 9.17) is 11.3 Å². The molecule has 0 aliphatic rings. The summed E-state index contributed by atoms with van der Waals surface area (Å²) in [4.78, 5) is 5.40. The van der Waals surface area contributed by atoms with Gasteiger partial charge in [0, 0.05) is 12.1 Å². The largest absolute Gasteiger partial charge is 0.492 e. The van der Waals surface area contributed by atoms with Crippen molar-refractivity contribution < 1.29 is 4.74 Å². The molecule has 0 amide bonds. The number of hydrogen-bond donors (Lipinski definition) is 0. The molecule has 1 aromatic carbocycles. The van der Waals surface area contributed by atoms with E-state index in [1.807, 2.05) is 38.4 Å². The van der Waals surface area contributed by atoms with Gasteiger partial charge >= 0.3 is 0 Å². The van der Waals surface area contributed by atoms with Gasteiger partial charge in [-0.15, -0.1) is 0 Å². The van der Waals surface area contributed by atoms with Crippen LogP contribution in [0.4, 0.5) is 0 Å². The standard InChI is InChI=1S/C12H16N2O/c1-13-10-11-4-6-12(7-5-11)15-9-8-14(2)3/h4-7H,8-10H2,2-3H3. The van der Waals surface area contributed by atoms with Crippen LogP contribution in [0, 0.1) is 6.57 Å². The van der Waals surface area contributed by atoms with Gasteiger partial charge in [0.05, 0.1) is 0 Å². The SMILES string of the molecule is [C-]#[N+]Cc1ccc(OCCN(C)C)cc1. The quantitative estimate of drug-likeness (QED) is 0.683. The maximum Gasteiger partial charge on any atom is 0.239 e. The van der Waals surface area contributed by atoms with Crippen molar-refractivity contribution in [1.82, 2.24) is 4.90 Å². The zero-order chi connectivity index (χ0) is 11.1. The Bertz CT molecular complexity index is 324. The van der Waals surface area contributed by atoms with Crippen LogP contribution in [0.15, 0.2) is 24.3 Å². The Morgan fingerprint density at radius 2 is 1.93 bits per heavy atom. The van der Waals surface area contributed by atoms with Crippen molar-refractivity contribution in [3.63, 3.8) is 0 Å². The summed E-state index contributed by atoms with van der Waals surface area (Å²) in [6.07, 6.45) is 0. The predicted molar refractivity (Wildman–Crippen MR) is 60.8 cm³/mol. The van der Waals surface area contributed by atoms with E-state index in [0.717, 1.165) is 17.9 Å². The Hall–Kier alpha value is -1.53. The predicted octanol–water partition coefficient (Wildman–Crippen LogP) is 2.05. The highest BCUT2D eigenvalue weighted by molar-refractivity contribution is 5.27. The third kappa shape index (κ3) is 4.48. The second-order valence-electron chi connectivity index (χ2n) is 3.61. The lowest BCUT2D eigenvalue weighted by Crippen LogP contribution is -2.19. The van der Waals surface area contributed by atoms with Crippen LogP contribution in [-0.4, -0.2) is 32.1 Å². The lowest BCUT2D eigenvalue weighted by atomic mass is 10.2. The van der Waals surface area contributed by atoms with Gasteiger partial charge in [-0.1, -0.05) is 0 Å². The van der Waals surface area contributed by atoms with Crippen LogP contribution in [-0.2, 0) is 6.54 Å². The van der Waals surface area contributed by atoms with Crippen LogP contribution in [0.3, 0.4) is 0 Å². The number of nitrogens with zero attached hydrogens (tertiary/aromatic N) is 2. The molecular weight excluding hydrogens is 188 g/mol. The van der Waals surface area contributed by atoms with Crippen molar-refractivity contribution in [3.05, 3.63) is 41.2 Å². The molecule has 1 rings (SSSR count). The van der Waals surface area contributed by atoms with Crippen molar-refractivity contribution in [2.24, 2.45) is 0 Å². The third-order valence-corrected chi connectivity index (χ3v) is 1.99. The van der Waals surface area contributed by atoms with E-state index in [2.05, 4.69) is 9.74 Å². The van der Waals surface area contributed by atoms with Crippen molar-refractivity contribution >= 4 is 0 Å². The van der Waals surface area contributed by atoms with Gasteiger partial charge in [0.1, 0.15) is 12.4 Å². The van der Waals surface area contributed by atoms with Crippen molar-refractivity contribution in [2.75, 3.05) is 27.2 Å². The minimum Gasteiger partial charge on any atom is -0.492 e. The van der Waals surface area contributed by atoms with Crippen LogP contribution < -0.4 is 4.74 Å². The van der Waals surface area contributed by atoms with E-state index in [1.165, 1.54) is 0 Å². The monoisotopic (exact) mass is 204 g/mol. The van der Waals surface area contributed by atoms with Crippen LogP contribution in [0.2, 0.25) is 0 Å². The summed E-state index contributed by atoms with van der Waals surface area (Å²) in [5.41, 5.74) is 1.03. The van der Waals surface area contributed by atoms with Gasteiger partial charge in [-0.25, -0.2) is 6.57 Å². The van der Waals surface area contributed by atoms with Gasteiger partial charge in [-0.3, -0.25) is 0 Å². The molecule has 1 aromatic rings. The van der Waals surface area contributed by atoms with Gasteiger partial charge < -0.3 is 14.5 Å². The number of rotatable bonds is 5. The summed E-state index contributed by atoms with van der Waals surface area (Å²) in [7, 11) is 4.03. The molecule has 0 spiro atoms. The summed E-state index contributed by atoms with van der Waals surface area (Å²) in [5, 5.41) is 0. The molecule has 3 nitrogen and oxygen atoms in total. The van der Waals surface area contributed by atoms with Crippen molar-refractivity contribution in [2.45, 2.75) is 6.54 Å². The van der Waals surface area contributed by atoms with E-state index < -0.39 is 0 Å². The number of ether oxygens (including phenoxy) is 1. The lowest BCUT2D eigenvalue weighted by Gasteiger charge is -2.10. The smallest absolute Gasteiger partial charge is 0.239 e. The second kappa shape index (κ2) is 6.05. The molecule has 15 heavy (non-hydrogen) atoms. The summed E-state index contributed by atoms with van der Waals surface area (Å²) < 4.78 is 5.53. The first-order valence-corrected chi connectivity index (χ1v) is 4.92. The maximum absolute atomic E-state index is 6.74. The second-order valence-corrected chi connectivity index (χ2v) is 3.61. The summed E-state index contributed by atoms with van der Waals surface area (Å²) >= 11 is 0. The van der Waals surface area contributed by atoms with Crippen molar-refractivity contribution in [3.8, 4) is 5.75 Å². The summed E-state index contributed by atoms with van der Waals surface area (Å²) in [6.45, 7) is 8.78. The van der Waals surface area contributed by atoms with E-state index in [1.54, 1.807) is 0 Å². The molecule has 0 unspecified atom stereocenters. The maximum atomic E-state index is 6.74. The first-order valence-electron chi connectivity index (χ1n) is 4.92. The Labute approximate surface area is 91.1 Å². The number of hydrogen-bond acceptors (Lipinski definition) is 2. The van der Waals surface area contributed by atoms with Crippen LogP contribution in [0.1, 0.15) is 5.56 Å². The molecule has 3 heteroatoms. The molecule has 0 saturated heterocycles. The average molecular weight is 204 g/mol. The molecule has 0 fully saturated rings. The molecular formula is C12H16N2O. The topological polar surface area (TPSA) is 16.8 Å². The van der Waals surface area contributed by atoms with E-state index in [0.29, 0.717) is 13.2 Å². The highest BCUT2D eigenvalue weighted by Gasteiger charge is 1.97. The van der Waals surface area contributed by atoms with Gasteiger partial charge in [0.25, 0.3) is 0 Å². The first kappa shape index (κ1) is 11.5. The number of benzene rings is 1. The van der Waals surface area contributed by atoms with Gasteiger partial charge in [0.2, 0.25) is 6.54 Å². The molecule has 0 radical (unpaired) electrons. The van der Waals surface area contributed by atoms with Gasteiger partial charge in [-0.2, -0.15) is 0 Å². The van der Waals surface area contributed by atoms with E-state index in [9.17, 15) is 0 Å². The average Bonchev–Trinajstić information content (AvgIpc) is 2.20. The molecule has 0 bridgehead atoms. The van der Waals surface area contributed by atoms with Gasteiger partial charge in [-0.05, 0) is 38.4 Å². The zero-order valence-electron chi connectivity index (χ0n) is 9.23. The summed E-state index contributed by atoms with van der Waals surface area (Å²) in [6, 6.07) is 7.69. The Kier molecular flexibility index (Phi) is 4.65. The normalized spacial score (nSPS) is 10.0. The minimum atomic E-state index is 0.442. The molecule has 0 aliphatic heterocycles. The highest BCUT2D eigenvalue weighted by Crippen LogP contribution is 2.12. The Morgan fingerprint density at radius 1 is 1.27 bits per heavy atom. The minimum absolute atomic E-state index is 0.442. The molecule has 0 heterocycles. The molecule has 0 saturated carbocycles. The van der Waals surface area contributed by atoms with Crippen LogP contribution in [0.5, 0.6) is 5.75 Å². The van der Waals surface area contributed by atoms with E-state index >= 15 is 0 Å². The fourth-order valence-electron chi connectivity index (χ4n) is 1.13. The highest BCUT2D eigenvalue weighted by atomic mass is 16.5. The van der Waals surface area contributed by atoms with E-state index in [-0.39, 0.29) is 0 Å². The molecule has 0 N–H and O–H groups in total. The summed E-state index contributed by atoms with van der Waals surface area (Å²) in [5.74, 6) is 0.866. The molecule has 80 valence electrons. The molecule has 0 aliphatic carbocycles. The van der Waals surface area contributed by atoms with Crippen LogP contribution in [0.25, 0.3) is 4.85 Å². The fraction of sp³-hybridized carbons (Fsp3) is 0.417.